The zero-order chi connectivity index (χ0) is 46.0. The molecule has 3 amide bonds. The number of nitrogens with one attached hydrogen (secondary N) is 3. The van der Waals surface area contributed by atoms with Crippen molar-refractivity contribution < 1.29 is 90.4 Å². The minimum Gasteiger partial charge on any atom is -0.481 e. The lowest BCUT2D eigenvalue weighted by Gasteiger charge is -2.19. The second-order valence-electron chi connectivity index (χ2n) is 13.1. The van der Waals surface area contributed by atoms with E-state index >= 15 is 0 Å². The molecule has 1 aliphatic rings. The van der Waals surface area contributed by atoms with Crippen LogP contribution in [0.15, 0.2) is 11.0 Å². The highest BCUT2D eigenvalue weighted by molar-refractivity contribution is 8.76. The summed E-state index contributed by atoms with van der Waals surface area (Å²) in [5.41, 5.74) is 11.4. The molecule has 2 heterocycles. The number of aliphatic carboxylic acids is 2. The van der Waals surface area contributed by atoms with Crippen LogP contribution in [-0.2, 0) is 62.0 Å². The molecule has 1 aromatic rings. The van der Waals surface area contributed by atoms with Crippen LogP contribution in [0.5, 0.6) is 0 Å². The molecule has 0 radical (unpaired) electrons. The minimum atomic E-state index is -5.77. The number of anilines is 1. The Morgan fingerprint density at radius 3 is 2.28 bits per heavy atom. The van der Waals surface area contributed by atoms with Gasteiger partial charge in [0, 0.05) is 62.0 Å². The molecule has 32 heteroatoms. The number of ether oxygens (including phenoxy) is 1. The number of nitrogens with zero attached hydrogens (tertiary/aromatic N) is 2. The number of hydrogen-bond acceptors (Lipinski definition) is 19. The third kappa shape index (κ3) is 22.3. The van der Waals surface area contributed by atoms with Crippen molar-refractivity contribution in [3.8, 4) is 0 Å². The summed E-state index contributed by atoms with van der Waals surface area (Å²) in [6.07, 6.45) is -1.13. The normalized spacial score (nSPS) is 19.5. The minimum absolute atomic E-state index is 0.0448. The van der Waals surface area contributed by atoms with E-state index in [1.54, 1.807) is 0 Å². The van der Waals surface area contributed by atoms with Crippen molar-refractivity contribution in [2.75, 3.05) is 36.9 Å². The van der Waals surface area contributed by atoms with Crippen LogP contribution >= 0.6 is 45.1 Å². The molecular formula is C29H50N7O20P3S2. The van der Waals surface area contributed by atoms with E-state index < -0.39 is 90.6 Å². The SMILES string of the molecule is Nc1nc(=O)n([C@H]2CC(O)[C@@H](COP(=O)(O)OP(=O)(O)OP(=O)(O)O)O2)cc1CCCNC(=O)CCSSCC(N)C(=O)NCCCCCC(=O)NC(CCC(=O)O)C(=O)O. The molecule has 7 atom stereocenters. The third-order valence-electron chi connectivity index (χ3n) is 8.08. The van der Waals surface area contributed by atoms with Crippen molar-refractivity contribution in [2.24, 2.45) is 5.73 Å². The predicted molar refractivity (Wildman–Crippen MR) is 214 cm³/mol. The van der Waals surface area contributed by atoms with Gasteiger partial charge in [-0.1, -0.05) is 28.0 Å². The molecule has 0 aliphatic carbocycles. The van der Waals surface area contributed by atoms with Gasteiger partial charge in [-0.15, -0.1) is 0 Å². The Bertz CT molecular complexity index is 1880. The van der Waals surface area contributed by atoms with Crippen LogP contribution in [-0.4, -0.2) is 130 Å². The van der Waals surface area contributed by atoms with Crippen LogP contribution in [0.4, 0.5) is 5.82 Å². The van der Waals surface area contributed by atoms with Crippen molar-refractivity contribution in [3.63, 3.8) is 0 Å². The zero-order valence-electron chi connectivity index (χ0n) is 32.2. The summed E-state index contributed by atoms with van der Waals surface area (Å²) in [7, 11) is -14.2. The topological polar surface area (TPSA) is 438 Å². The number of carboxylic acids is 2. The fourth-order valence-corrected chi connectivity index (χ4v) is 10.3. The number of aliphatic hydroxyl groups excluding tert-OH is 1. The summed E-state index contributed by atoms with van der Waals surface area (Å²) in [5.74, 6) is -3.02. The summed E-state index contributed by atoms with van der Waals surface area (Å²) in [4.78, 5) is 111. The molecular weight excluding hydrogens is 923 g/mol. The quantitative estimate of drug-likeness (QED) is 0.0252. The first-order chi connectivity index (χ1) is 28.4. The number of hydrogen-bond donors (Lipinski definition) is 12. The average molecular weight is 974 g/mol. The van der Waals surface area contributed by atoms with Crippen LogP contribution in [0.3, 0.4) is 0 Å². The molecule has 1 saturated heterocycles. The number of carboxylic acid groups (broad SMARTS) is 2. The molecule has 2 rings (SSSR count). The Balaban J connectivity index is 1.64. The van der Waals surface area contributed by atoms with E-state index in [0.717, 1.165) is 4.57 Å². The van der Waals surface area contributed by atoms with Gasteiger partial charge in [0.05, 0.1) is 18.8 Å². The molecule has 0 saturated carbocycles. The van der Waals surface area contributed by atoms with Gasteiger partial charge in [0.2, 0.25) is 17.7 Å². The van der Waals surface area contributed by atoms with Gasteiger partial charge in [0.15, 0.2) is 0 Å². The second kappa shape index (κ2) is 26.0. The van der Waals surface area contributed by atoms with E-state index in [2.05, 4.69) is 34.1 Å². The van der Waals surface area contributed by atoms with Crippen LogP contribution in [0, 0.1) is 0 Å². The highest BCUT2D eigenvalue weighted by Gasteiger charge is 2.43. The molecule has 0 aromatic carbocycles. The first-order valence-electron chi connectivity index (χ1n) is 18.2. The highest BCUT2D eigenvalue weighted by Crippen LogP contribution is 2.66. The number of aromatic nitrogens is 2. The molecule has 1 aromatic heterocycles. The van der Waals surface area contributed by atoms with Gasteiger partial charge in [-0.05, 0) is 32.1 Å². The standard InChI is InChI=1S/C29H50N7O20P3S2/c30-18(27(42)33-10-3-1-2-6-23(39)34-19(28(43)44)7-8-25(40)41)16-61-60-12-9-22(38)32-11-4-5-17-14-36(29(45)35-26(17)31)24-13-20(37)21(54-24)15-53-58(49,50)56-59(51,52)55-57(46,47)48/h14,18-21,24,37H,1-13,15-16,30H2,(H,32,38)(H,33,42)(H,34,39)(H,40,41)(H,43,44)(H,49,50)(H,51,52)(H2,31,35,45)(H2,46,47,48)/t18?,19?,20?,21-,24-/m1/s1. The Hall–Kier alpha value is -2.98. The number of nitrogen functional groups attached to an aromatic ring is 1. The van der Waals surface area contributed by atoms with Crippen LogP contribution < -0.4 is 33.1 Å². The number of nitrogens with two attached hydrogens (primary N) is 2. The smallest absolute Gasteiger partial charge is 0.481 e. The maximum absolute atomic E-state index is 12.6. The van der Waals surface area contributed by atoms with Crippen molar-refractivity contribution in [3.05, 3.63) is 22.2 Å². The maximum Gasteiger partial charge on any atom is 0.490 e. The van der Waals surface area contributed by atoms with Gasteiger partial charge in [-0.3, -0.25) is 28.3 Å². The summed E-state index contributed by atoms with van der Waals surface area (Å²) in [5, 5.41) is 36.0. The number of rotatable bonds is 30. The number of amides is 3. The largest absolute Gasteiger partial charge is 0.490 e. The first-order valence-corrected chi connectivity index (χ1v) is 25.2. The second-order valence-corrected chi connectivity index (χ2v) is 20.1. The van der Waals surface area contributed by atoms with E-state index in [4.69, 9.17) is 36.2 Å². The molecule has 1 fully saturated rings. The summed E-state index contributed by atoms with van der Waals surface area (Å²) < 4.78 is 52.6. The fourth-order valence-electron chi connectivity index (χ4n) is 5.13. The number of carbonyl (C=O) groups is 5. The van der Waals surface area contributed by atoms with Crippen LogP contribution in [0.2, 0.25) is 0 Å². The van der Waals surface area contributed by atoms with E-state index in [9.17, 15) is 57.4 Å². The predicted octanol–water partition coefficient (Wildman–Crippen LogP) is -0.924. The monoisotopic (exact) mass is 973 g/mol. The van der Waals surface area contributed by atoms with Gasteiger partial charge >= 0.3 is 41.1 Å². The van der Waals surface area contributed by atoms with Gasteiger partial charge in [0.1, 0.15) is 24.2 Å². The molecule has 1 aliphatic heterocycles. The summed E-state index contributed by atoms with van der Waals surface area (Å²) >= 11 is 0. The van der Waals surface area contributed by atoms with Crippen molar-refractivity contribution >= 4 is 80.5 Å². The van der Waals surface area contributed by atoms with Crippen LogP contribution in [0.1, 0.15) is 69.6 Å². The van der Waals surface area contributed by atoms with Gasteiger partial charge in [-0.2, -0.15) is 13.6 Å². The molecule has 348 valence electrons. The Labute approximate surface area is 355 Å². The third-order valence-corrected chi connectivity index (χ3v) is 14.3. The van der Waals surface area contributed by atoms with E-state index in [0.29, 0.717) is 43.5 Å². The Morgan fingerprint density at radius 1 is 0.934 bits per heavy atom. The number of aryl methyl sites for hydroxylation is 1. The maximum atomic E-state index is 12.6. The first kappa shape index (κ1) is 54.2. The van der Waals surface area contributed by atoms with Crippen molar-refractivity contribution in [1.82, 2.24) is 25.5 Å². The van der Waals surface area contributed by atoms with Crippen molar-refractivity contribution in [1.29, 1.82) is 0 Å². The molecule has 61 heavy (non-hydrogen) atoms. The number of phosphoric ester groups is 1. The van der Waals surface area contributed by atoms with Gasteiger partial charge < -0.3 is 67.0 Å². The van der Waals surface area contributed by atoms with Crippen LogP contribution in [0.25, 0.3) is 0 Å². The molecule has 14 N–H and O–H groups in total. The van der Waals surface area contributed by atoms with Gasteiger partial charge in [-0.25, -0.2) is 23.3 Å². The highest BCUT2D eigenvalue weighted by atomic mass is 33.1. The lowest BCUT2D eigenvalue weighted by atomic mass is 10.1. The van der Waals surface area contributed by atoms with Crippen molar-refractivity contribution in [2.45, 2.75) is 94.7 Å². The molecule has 27 nitrogen and oxygen atoms in total. The number of unbranched alkanes of at least 4 members (excludes halogenated alkanes) is 2. The van der Waals surface area contributed by atoms with E-state index in [1.807, 2.05) is 0 Å². The number of carbonyl (C=O) groups excluding carboxylic acids is 3. The molecule has 5 unspecified atom stereocenters. The van der Waals surface area contributed by atoms with Gasteiger partial charge in [0.25, 0.3) is 0 Å². The lowest BCUT2D eigenvalue weighted by Crippen LogP contribution is -2.42. The van der Waals surface area contributed by atoms with E-state index in [-0.39, 0.29) is 62.0 Å². The summed E-state index contributed by atoms with van der Waals surface area (Å²) in [6.45, 7) is -0.397. The average Bonchev–Trinajstić information content (AvgIpc) is 3.50. The Kier molecular flexibility index (Phi) is 23.0. The Morgan fingerprint density at radius 2 is 1.62 bits per heavy atom. The number of phosphoric acid groups is 3. The molecule has 0 bridgehead atoms. The summed E-state index contributed by atoms with van der Waals surface area (Å²) in [6, 6.07) is -2.09. The molecule has 0 spiro atoms. The van der Waals surface area contributed by atoms with E-state index in [1.165, 1.54) is 27.8 Å². The zero-order valence-corrected chi connectivity index (χ0v) is 36.5. The lowest BCUT2D eigenvalue weighted by molar-refractivity contribution is -0.143. The fraction of sp³-hybridized carbons (Fsp3) is 0.690. The number of aliphatic hydroxyl groups is 1.